The minimum absolute atomic E-state index is 0. The zero-order valence-electron chi connectivity index (χ0n) is 16.9. The van der Waals surface area contributed by atoms with E-state index in [2.05, 4.69) is 10.6 Å². The van der Waals surface area contributed by atoms with E-state index in [-0.39, 0.29) is 13.3 Å². The van der Waals surface area contributed by atoms with Gasteiger partial charge >= 0.3 is 6.09 Å². The largest absolute Gasteiger partial charge is 0.444 e. The van der Waals surface area contributed by atoms with E-state index in [1.54, 1.807) is 68.5 Å². The Labute approximate surface area is 186 Å². The van der Waals surface area contributed by atoms with Gasteiger partial charge in [0.25, 0.3) is 5.91 Å². The standard InChI is InChI=1S/C23H22N2O4S.CH4/c1-23(2,3)29-22(28)25-18-11-10-17(20-5-4-12-30-20)13-19(18)24-21(27)16-8-6-15(14-26)7-9-16;/h4-14H,1-3H3,(H,24,27)(H,25,28);1H4. The maximum atomic E-state index is 12.7. The number of aldehydes is 1. The van der Waals surface area contributed by atoms with E-state index >= 15 is 0 Å². The van der Waals surface area contributed by atoms with Crippen LogP contribution in [0.5, 0.6) is 0 Å². The highest BCUT2D eigenvalue weighted by Gasteiger charge is 2.18. The molecule has 2 N–H and O–H groups in total. The first-order valence-electron chi connectivity index (χ1n) is 9.30. The van der Waals surface area contributed by atoms with Crippen LogP contribution in [0, 0.1) is 0 Å². The van der Waals surface area contributed by atoms with Gasteiger partial charge in [0.1, 0.15) is 11.9 Å². The quantitative estimate of drug-likeness (QED) is 0.448. The maximum absolute atomic E-state index is 12.7. The van der Waals surface area contributed by atoms with E-state index in [1.165, 1.54) is 0 Å². The number of rotatable bonds is 5. The number of carbonyl (C=O) groups excluding carboxylic acids is 3. The lowest BCUT2D eigenvalue weighted by Gasteiger charge is -2.21. The molecule has 0 saturated carbocycles. The fourth-order valence-electron chi connectivity index (χ4n) is 2.67. The van der Waals surface area contributed by atoms with Crippen LogP contribution < -0.4 is 10.6 Å². The van der Waals surface area contributed by atoms with Gasteiger partial charge in [-0.2, -0.15) is 0 Å². The molecule has 0 radical (unpaired) electrons. The van der Waals surface area contributed by atoms with Gasteiger partial charge in [-0.05, 0) is 62.0 Å². The molecule has 0 aliphatic carbocycles. The smallest absolute Gasteiger partial charge is 0.412 e. The number of anilines is 2. The van der Waals surface area contributed by atoms with Crippen LogP contribution in [0.4, 0.5) is 16.2 Å². The molecule has 7 heteroatoms. The first-order valence-corrected chi connectivity index (χ1v) is 10.2. The zero-order valence-corrected chi connectivity index (χ0v) is 17.7. The Morgan fingerprint density at radius 3 is 2.26 bits per heavy atom. The fourth-order valence-corrected chi connectivity index (χ4v) is 3.40. The van der Waals surface area contributed by atoms with E-state index in [4.69, 9.17) is 4.74 Å². The molecule has 0 aliphatic heterocycles. The topological polar surface area (TPSA) is 84.5 Å². The van der Waals surface area contributed by atoms with Gasteiger partial charge in [-0.15, -0.1) is 11.3 Å². The molecule has 1 aromatic heterocycles. The lowest BCUT2D eigenvalue weighted by Crippen LogP contribution is -2.27. The van der Waals surface area contributed by atoms with Crippen molar-refractivity contribution >= 4 is 41.0 Å². The molecule has 0 spiro atoms. The Hall–Kier alpha value is -3.45. The van der Waals surface area contributed by atoms with E-state index in [9.17, 15) is 14.4 Å². The minimum Gasteiger partial charge on any atom is -0.444 e. The summed E-state index contributed by atoms with van der Waals surface area (Å²) in [5.74, 6) is -0.358. The van der Waals surface area contributed by atoms with Gasteiger partial charge in [-0.25, -0.2) is 4.79 Å². The van der Waals surface area contributed by atoms with Gasteiger partial charge in [0.05, 0.1) is 11.4 Å². The number of nitrogens with one attached hydrogen (secondary N) is 2. The summed E-state index contributed by atoms with van der Waals surface area (Å²) in [7, 11) is 0. The molecule has 3 aromatic rings. The second-order valence-electron chi connectivity index (χ2n) is 7.56. The Kier molecular flexibility index (Phi) is 7.72. The molecule has 0 unspecified atom stereocenters. The monoisotopic (exact) mass is 438 g/mol. The van der Waals surface area contributed by atoms with E-state index in [0.717, 1.165) is 16.7 Å². The van der Waals surface area contributed by atoms with E-state index < -0.39 is 11.7 Å². The van der Waals surface area contributed by atoms with Crippen LogP contribution in [0.1, 0.15) is 48.9 Å². The van der Waals surface area contributed by atoms with Crippen molar-refractivity contribution in [3.63, 3.8) is 0 Å². The summed E-state index contributed by atoms with van der Waals surface area (Å²) >= 11 is 1.57. The minimum atomic E-state index is -0.648. The highest BCUT2D eigenvalue weighted by atomic mass is 32.1. The fraction of sp³-hybridized carbons (Fsp3) is 0.208. The van der Waals surface area contributed by atoms with Gasteiger partial charge in [-0.3, -0.25) is 14.9 Å². The molecule has 31 heavy (non-hydrogen) atoms. The number of ether oxygens (including phenoxy) is 1. The number of amides is 2. The molecule has 2 aromatic carbocycles. The molecule has 6 nitrogen and oxygen atoms in total. The highest BCUT2D eigenvalue weighted by Crippen LogP contribution is 2.32. The van der Waals surface area contributed by atoms with Crippen LogP contribution in [-0.4, -0.2) is 23.9 Å². The van der Waals surface area contributed by atoms with Crippen molar-refractivity contribution in [1.29, 1.82) is 0 Å². The van der Waals surface area contributed by atoms with Crippen molar-refractivity contribution in [3.8, 4) is 10.4 Å². The lowest BCUT2D eigenvalue weighted by atomic mass is 10.1. The third-order valence-corrected chi connectivity index (χ3v) is 4.94. The van der Waals surface area contributed by atoms with Crippen LogP contribution >= 0.6 is 11.3 Å². The number of hydrogen-bond acceptors (Lipinski definition) is 5. The van der Waals surface area contributed by atoms with Crippen molar-refractivity contribution in [2.45, 2.75) is 33.8 Å². The van der Waals surface area contributed by atoms with Crippen molar-refractivity contribution in [1.82, 2.24) is 0 Å². The van der Waals surface area contributed by atoms with Crippen LogP contribution in [0.2, 0.25) is 0 Å². The predicted octanol–water partition coefficient (Wildman–Crippen LogP) is 6.46. The first kappa shape index (κ1) is 23.8. The van der Waals surface area contributed by atoms with Crippen molar-refractivity contribution in [3.05, 3.63) is 71.1 Å². The van der Waals surface area contributed by atoms with Gasteiger partial charge in [0, 0.05) is 16.0 Å². The van der Waals surface area contributed by atoms with Crippen molar-refractivity contribution in [2.24, 2.45) is 0 Å². The molecule has 0 fully saturated rings. The number of hydrogen-bond donors (Lipinski definition) is 2. The Bertz CT molecular complexity index is 1050. The highest BCUT2D eigenvalue weighted by molar-refractivity contribution is 7.13. The molecule has 1 heterocycles. The van der Waals surface area contributed by atoms with Crippen LogP contribution in [0.25, 0.3) is 10.4 Å². The second-order valence-corrected chi connectivity index (χ2v) is 8.51. The molecule has 0 saturated heterocycles. The van der Waals surface area contributed by atoms with Gasteiger partial charge in [-0.1, -0.05) is 31.7 Å². The lowest BCUT2D eigenvalue weighted by molar-refractivity contribution is 0.0635. The number of thiophene rings is 1. The van der Waals surface area contributed by atoms with Crippen LogP contribution in [0.3, 0.4) is 0 Å². The summed E-state index contributed by atoms with van der Waals surface area (Å²) in [5.41, 5.74) is 2.00. The Morgan fingerprint density at radius 2 is 1.68 bits per heavy atom. The molecule has 3 rings (SSSR count). The summed E-state index contributed by atoms with van der Waals surface area (Å²) < 4.78 is 5.32. The first-order chi connectivity index (χ1) is 14.2. The summed E-state index contributed by atoms with van der Waals surface area (Å²) in [5, 5.41) is 7.51. The van der Waals surface area contributed by atoms with Crippen LogP contribution in [-0.2, 0) is 4.74 Å². The molecular formula is C24H26N2O4S. The van der Waals surface area contributed by atoms with Crippen LogP contribution in [0.15, 0.2) is 60.0 Å². The Balaban J connectivity index is 0.00000341. The van der Waals surface area contributed by atoms with Gasteiger partial charge in [0.15, 0.2) is 0 Å². The summed E-state index contributed by atoms with van der Waals surface area (Å²) in [4.78, 5) is 36.8. The normalized spacial score (nSPS) is 10.5. The number of benzene rings is 2. The zero-order chi connectivity index (χ0) is 21.7. The summed E-state index contributed by atoms with van der Waals surface area (Å²) in [6.07, 6.45) is 0.104. The predicted molar refractivity (Wildman–Crippen MR) is 126 cm³/mol. The van der Waals surface area contributed by atoms with Crippen molar-refractivity contribution in [2.75, 3.05) is 10.6 Å². The molecular weight excluding hydrogens is 412 g/mol. The van der Waals surface area contributed by atoms with E-state index in [0.29, 0.717) is 22.5 Å². The van der Waals surface area contributed by atoms with Gasteiger partial charge < -0.3 is 10.1 Å². The molecule has 162 valence electrons. The molecule has 0 atom stereocenters. The number of carbonyl (C=O) groups is 3. The van der Waals surface area contributed by atoms with E-state index in [1.807, 2.05) is 23.6 Å². The average Bonchev–Trinajstić information content (AvgIpc) is 3.22. The molecule has 0 bridgehead atoms. The molecule has 0 aliphatic rings. The third-order valence-electron chi connectivity index (χ3n) is 4.02. The SMILES string of the molecule is C.CC(C)(C)OC(=O)Nc1ccc(-c2cccs2)cc1NC(=O)c1ccc(C=O)cc1. The average molecular weight is 439 g/mol. The Morgan fingerprint density at radius 1 is 0.968 bits per heavy atom. The van der Waals surface area contributed by atoms with Gasteiger partial charge in [0.2, 0.25) is 0 Å². The third kappa shape index (κ3) is 6.52. The summed E-state index contributed by atoms with van der Waals surface area (Å²) in [6.45, 7) is 5.33. The summed E-state index contributed by atoms with van der Waals surface area (Å²) in [6, 6.07) is 15.6. The second kappa shape index (κ2) is 10.0. The van der Waals surface area contributed by atoms with Crippen molar-refractivity contribution < 1.29 is 19.1 Å². The maximum Gasteiger partial charge on any atom is 0.412 e. The molecule has 2 amide bonds.